The van der Waals surface area contributed by atoms with Crippen molar-refractivity contribution in [2.75, 3.05) is 26.5 Å². The second-order valence-electron chi connectivity index (χ2n) is 5.40. The molecule has 2 heterocycles. The first-order chi connectivity index (χ1) is 11.1. The van der Waals surface area contributed by atoms with Gasteiger partial charge in [-0.05, 0) is 29.7 Å². The third-order valence-electron chi connectivity index (χ3n) is 3.97. The summed E-state index contributed by atoms with van der Waals surface area (Å²) in [5.41, 5.74) is 8.64. The van der Waals surface area contributed by atoms with Gasteiger partial charge in [-0.2, -0.15) is 0 Å². The smallest absolute Gasteiger partial charge is 0.228 e. The Bertz CT molecular complexity index is 729. The van der Waals surface area contributed by atoms with Gasteiger partial charge in [0.05, 0.1) is 26.3 Å². The lowest BCUT2D eigenvalue weighted by atomic mass is 9.98. The van der Waals surface area contributed by atoms with Crippen molar-refractivity contribution in [3.05, 3.63) is 34.3 Å². The van der Waals surface area contributed by atoms with Gasteiger partial charge in [-0.1, -0.05) is 0 Å². The summed E-state index contributed by atoms with van der Waals surface area (Å²) in [5, 5.41) is 2.33. The van der Waals surface area contributed by atoms with Crippen LogP contribution in [0.15, 0.2) is 17.5 Å². The van der Waals surface area contributed by atoms with E-state index in [2.05, 4.69) is 4.98 Å². The number of nitrogens with zero attached hydrogens (tertiary/aromatic N) is 2. The molecule has 2 N–H and O–H groups in total. The number of methoxy groups -OCH3 is 2. The van der Waals surface area contributed by atoms with Crippen molar-refractivity contribution in [2.24, 2.45) is 0 Å². The molecule has 0 spiro atoms. The van der Waals surface area contributed by atoms with Crippen LogP contribution in [0, 0.1) is 0 Å². The number of ether oxygens (including phenoxy) is 2. The maximum Gasteiger partial charge on any atom is 0.228 e. The number of fused-ring (bicyclic) bond motifs is 1. The van der Waals surface area contributed by atoms with Crippen LogP contribution in [0.5, 0.6) is 11.5 Å². The van der Waals surface area contributed by atoms with Crippen molar-refractivity contribution in [3.63, 3.8) is 0 Å². The van der Waals surface area contributed by atoms with Gasteiger partial charge in [-0.15, -0.1) is 11.3 Å². The molecule has 3 rings (SSSR count). The number of nitrogens with two attached hydrogens (primary N) is 1. The van der Waals surface area contributed by atoms with Gasteiger partial charge in [0.1, 0.15) is 0 Å². The largest absolute Gasteiger partial charge is 0.493 e. The van der Waals surface area contributed by atoms with Gasteiger partial charge in [-0.25, -0.2) is 4.98 Å². The summed E-state index contributed by atoms with van der Waals surface area (Å²) in [6.07, 6.45) is 1.09. The average Bonchev–Trinajstić information content (AvgIpc) is 2.97. The van der Waals surface area contributed by atoms with Crippen LogP contribution in [0.4, 0.5) is 5.13 Å². The number of carbonyl (C=O) groups is 1. The first kappa shape index (κ1) is 15.6. The molecule has 0 atom stereocenters. The molecular weight excluding hydrogens is 314 g/mol. The quantitative estimate of drug-likeness (QED) is 0.924. The Morgan fingerprint density at radius 2 is 2.00 bits per heavy atom. The number of benzene rings is 1. The Labute approximate surface area is 138 Å². The van der Waals surface area contributed by atoms with Crippen molar-refractivity contribution in [3.8, 4) is 11.5 Å². The lowest BCUT2D eigenvalue weighted by molar-refractivity contribution is -0.131. The predicted octanol–water partition coefficient (Wildman–Crippen LogP) is 1.87. The van der Waals surface area contributed by atoms with Gasteiger partial charge in [0.25, 0.3) is 0 Å². The third-order valence-corrected chi connectivity index (χ3v) is 4.70. The number of anilines is 1. The van der Waals surface area contributed by atoms with Crippen LogP contribution in [0.3, 0.4) is 0 Å². The molecule has 23 heavy (non-hydrogen) atoms. The van der Waals surface area contributed by atoms with Gasteiger partial charge < -0.3 is 20.1 Å². The van der Waals surface area contributed by atoms with Crippen LogP contribution in [0.25, 0.3) is 0 Å². The Morgan fingerprint density at radius 1 is 1.30 bits per heavy atom. The number of carbonyl (C=O) groups excluding carboxylic acids is 1. The number of thiazole rings is 1. The fourth-order valence-corrected chi connectivity index (χ4v) is 3.33. The molecule has 7 heteroatoms. The molecule has 0 bridgehead atoms. The van der Waals surface area contributed by atoms with E-state index in [1.165, 1.54) is 16.9 Å². The first-order valence-corrected chi connectivity index (χ1v) is 8.20. The topological polar surface area (TPSA) is 77.7 Å². The highest BCUT2D eigenvalue weighted by molar-refractivity contribution is 7.13. The maximum absolute atomic E-state index is 12.5. The zero-order valence-electron chi connectivity index (χ0n) is 13.2. The third kappa shape index (κ3) is 3.24. The number of hydrogen-bond donors (Lipinski definition) is 1. The summed E-state index contributed by atoms with van der Waals surface area (Å²) in [4.78, 5) is 18.5. The van der Waals surface area contributed by atoms with E-state index in [1.54, 1.807) is 14.2 Å². The van der Waals surface area contributed by atoms with E-state index >= 15 is 0 Å². The minimum atomic E-state index is 0.0655. The number of amides is 1. The van der Waals surface area contributed by atoms with Gasteiger partial charge in [-0.3, -0.25) is 4.79 Å². The molecule has 1 aromatic heterocycles. The predicted molar refractivity (Wildman–Crippen MR) is 88.9 cm³/mol. The lowest BCUT2D eigenvalue weighted by Gasteiger charge is -2.29. The SMILES string of the molecule is COc1cc2c(cc1OC)CN(C(=O)Cc1csc(N)n1)CC2. The average molecular weight is 333 g/mol. The van der Waals surface area contributed by atoms with Crippen LogP contribution in [0.2, 0.25) is 0 Å². The minimum Gasteiger partial charge on any atom is -0.493 e. The minimum absolute atomic E-state index is 0.0655. The molecule has 0 fully saturated rings. The standard InChI is InChI=1S/C16H19N3O3S/c1-21-13-5-10-3-4-19(8-11(10)6-14(13)22-2)15(20)7-12-9-23-16(17)18-12/h5-6,9H,3-4,7-8H2,1-2H3,(H2,17,18). The summed E-state index contributed by atoms with van der Waals surface area (Å²) in [6, 6.07) is 3.95. The van der Waals surface area contributed by atoms with Crippen molar-refractivity contribution in [1.82, 2.24) is 9.88 Å². The molecule has 0 unspecified atom stereocenters. The van der Waals surface area contributed by atoms with Crippen LogP contribution < -0.4 is 15.2 Å². The monoisotopic (exact) mass is 333 g/mol. The first-order valence-electron chi connectivity index (χ1n) is 7.32. The number of nitrogen functional groups attached to an aromatic ring is 1. The van der Waals surface area contributed by atoms with Gasteiger partial charge in [0, 0.05) is 18.5 Å². The van der Waals surface area contributed by atoms with Crippen molar-refractivity contribution in [2.45, 2.75) is 19.4 Å². The summed E-state index contributed by atoms with van der Waals surface area (Å²) in [6.45, 7) is 1.27. The fraction of sp³-hybridized carbons (Fsp3) is 0.375. The van der Waals surface area contributed by atoms with Crippen LogP contribution in [-0.4, -0.2) is 36.6 Å². The molecule has 122 valence electrons. The highest BCUT2D eigenvalue weighted by Gasteiger charge is 2.23. The zero-order chi connectivity index (χ0) is 16.4. The van der Waals surface area contributed by atoms with E-state index in [9.17, 15) is 4.79 Å². The fourth-order valence-electron chi connectivity index (χ4n) is 2.77. The molecule has 0 aliphatic carbocycles. The summed E-state index contributed by atoms with van der Waals surface area (Å²) in [7, 11) is 3.24. The van der Waals surface area contributed by atoms with Crippen molar-refractivity contribution >= 4 is 22.4 Å². The number of aromatic nitrogens is 1. The molecule has 1 aromatic carbocycles. The van der Waals surface area contributed by atoms with E-state index in [0.29, 0.717) is 24.0 Å². The summed E-state index contributed by atoms with van der Waals surface area (Å²) in [5.74, 6) is 1.48. The van der Waals surface area contributed by atoms with Gasteiger partial charge >= 0.3 is 0 Å². The normalized spacial score (nSPS) is 13.6. The Balaban J connectivity index is 1.75. The molecule has 1 aliphatic rings. The molecular formula is C16H19N3O3S. The van der Waals surface area contributed by atoms with E-state index in [-0.39, 0.29) is 12.3 Å². The molecule has 1 aliphatic heterocycles. The maximum atomic E-state index is 12.5. The second kappa shape index (κ2) is 6.45. The Kier molecular flexibility index (Phi) is 4.38. The molecule has 1 amide bonds. The molecule has 0 saturated carbocycles. The van der Waals surface area contributed by atoms with Gasteiger partial charge in [0.15, 0.2) is 16.6 Å². The molecule has 0 radical (unpaired) electrons. The van der Waals surface area contributed by atoms with Crippen LogP contribution in [0.1, 0.15) is 16.8 Å². The lowest BCUT2D eigenvalue weighted by Crippen LogP contribution is -2.37. The van der Waals surface area contributed by atoms with Crippen LogP contribution >= 0.6 is 11.3 Å². The zero-order valence-corrected chi connectivity index (χ0v) is 14.0. The van der Waals surface area contributed by atoms with Gasteiger partial charge in [0.2, 0.25) is 5.91 Å². The summed E-state index contributed by atoms with van der Waals surface area (Å²) < 4.78 is 10.7. The second-order valence-corrected chi connectivity index (χ2v) is 6.28. The van der Waals surface area contributed by atoms with Crippen molar-refractivity contribution in [1.29, 1.82) is 0 Å². The highest BCUT2D eigenvalue weighted by Crippen LogP contribution is 2.33. The summed E-state index contributed by atoms with van der Waals surface area (Å²) >= 11 is 1.36. The van der Waals surface area contributed by atoms with E-state index < -0.39 is 0 Å². The number of hydrogen-bond acceptors (Lipinski definition) is 6. The van der Waals surface area contributed by atoms with E-state index in [4.69, 9.17) is 15.2 Å². The Hall–Kier alpha value is -2.28. The van der Waals surface area contributed by atoms with E-state index in [1.807, 2.05) is 22.4 Å². The molecule has 0 saturated heterocycles. The Morgan fingerprint density at radius 3 is 2.61 bits per heavy atom. The van der Waals surface area contributed by atoms with Crippen LogP contribution in [-0.2, 0) is 24.2 Å². The molecule has 6 nitrogen and oxygen atoms in total. The number of rotatable bonds is 4. The van der Waals surface area contributed by atoms with Crippen molar-refractivity contribution < 1.29 is 14.3 Å². The highest BCUT2D eigenvalue weighted by atomic mass is 32.1. The molecule has 2 aromatic rings. The van der Waals surface area contributed by atoms with E-state index in [0.717, 1.165) is 23.4 Å².